The van der Waals surface area contributed by atoms with Gasteiger partial charge in [0.2, 0.25) is 0 Å². The highest BCUT2D eigenvalue weighted by atomic mass is 16.3. The molecule has 1 unspecified atom stereocenters. The molecule has 16 heavy (non-hydrogen) atoms. The van der Waals surface area contributed by atoms with Crippen molar-refractivity contribution in [1.29, 1.82) is 0 Å². The first kappa shape index (κ1) is 13.2. The van der Waals surface area contributed by atoms with Crippen molar-refractivity contribution in [3.63, 3.8) is 0 Å². The molecule has 90 valence electrons. The molecule has 0 saturated carbocycles. The number of aryl methyl sites for hydroxylation is 1. The van der Waals surface area contributed by atoms with Crippen LogP contribution in [0.2, 0.25) is 0 Å². The fourth-order valence-corrected chi connectivity index (χ4v) is 1.80. The van der Waals surface area contributed by atoms with Crippen LogP contribution in [0.3, 0.4) is 0 Å². The minimum absolute atomic E-state index is 0.153. The zero-order valence-electron chi connectivity index (χ0n) is 10.6. The van der Waals surface area contributed by atoms with E-state index < -0.39 is 0 Å². The maximum atomic E-state index is 9.38. The van der Waals surface area contributed by atoms with Gasteiger partial charge in [-0.25, -0.2) is 0 Å². The van der Waals surface area contributed by atoms with Crippen molar-refractivity contribution < 1.29 is 5.11 Å². The standard InChI is InChI=1S/C14H23NO/c1-4-9-14(3,11-16)15-10-13-7-5-12(2)6-8-13/h5-8,15-16H,4,9-11H2,1-3H3. The molecule has 2 heteroatoms. The number of benzene rings is 1. The predicted octanol–water partition coefficient (Wildman–Crippen LogP) is 2.64. The van der Waals surface area contributed by atoms with Crippen LogP contribution in [0.1, 0.15) is 37.8 Å². The topological polar surface area (TPSA) is 32.3 Å². The summed E-state index contributed by atoms with van der Waals surface area (Å²) in [6, 6.07) is 8.50. The highest BCUT2D eigenvalue weighted by Crippen LogP contribution is 2.13. The van der Waals surface area contributed by atoms with Crippen molar-refractivity contribution in [1.82, 2.24) is 5.32 Å². The van der Waals surface area contributed by atoms with Gasteiger partial charge in [0.15, 0.2) is 0 Å². The van der Waals surface area contributed by atoms with Gasteiger partial charge >= 0.3 is 0 Å². The second-order valence-corrected chi connectivity index (χ2v) is 4.81. The number of hydrogen-bond acceptors (Lipinski definition) is 2. The number of rotatable bonds is 6. The molecule has 0 fully saturated rings. The Hall–Kier alpha value is -0.860. The Labute approximate surface area is 98.7 Å². The molecule has 1 aromatic rings. The van der Waals surface area contributed by atoms with Crippen LogP contribution in [0.5, 0.6) is 0 Å². The van der Waals surface area contributed by atoms with Crippen LogP contribution in [0.15, 0.2) is 24.3 Å². The molecule has 1 rings (SSSR count). The Balaban J connectivity index is 2.52. The number of nitrogens with one attached hydrogen (secondary N) is 1. The van der Waals surface area contributed by atoms with Crippen LogP contribution in [0.4, 0.5) is 0 Å². The lowest BCUT2D eigenvalue weighted by atomic mass is 9.97. The lowest BCUT2D eigenvalue weighted by Crippen LogP contribution is -2.45. The molecule has 0 heterocycles. The monoisotopic (exact) mass is 221 g/mol. The second kappa shape index (κ2) is 6.02. The first-order valence-electron chi connectivity index (χ1n) is 6.01. The zero-order valence-corrected chi connectivity index (χ0v) is 10.6. The Morgan fingerprint density at radius 3 is 2.38 bits per heavy atom. The smallest absolute Gasteiger partial charge is 0.0610 e. The van der Waals surface area contributed by atoms with Crippen LogP contribution >= 0.6 is 0 Å². The Kier molecular flexibility index (Phi) is 4.97. The van der Waals surface area contributed by atoms with Gasteiger partial charge in [-0.05, 0) is 25.8 Å². The summed E-state index contributed by atoms with van der Waals surface area (Å²) in [6.45, 7) is 7.31. The Morgan fingerprint density at radius 2 is 1.88 bits per heavy atom. The van der Waals surface area contributed by atoms with Crippen molar-refractivity contribution in [3.8, 4) is 0 Å². The van der Waals surface area contributed by atoms with Gasteiger partial charge in [0.25, 0.3) is 0 Å². The average molecular weight is 221 g/mol. The van der Waals surface area contributed by atoms with Crippen LogP contribution < -0.4 is 5.32 Å². The van der Waals surface area contributed by atoms with E-state index in [9.17, 15) is 5.11 Å². The maximum Gasteiger partial charge on any atom is 0.0610 e. The normalized spacial score (nSPS) is 14.8. The van der Waals surface area contributed by atoms with E-state index in [0.29, 0.717) is 0 Å². The van der Waals surface area contributed by atoms with Crippen molar-refractivity contribution in [3.05, 3.63) is 35.4 Å². The van der Waals surface area contributed by atoms with E-state index >= 15 is 0 Å². The van der Waals surface area contributed by atoms with Gasteiger partial charge in [-0.15, -0.1) is 0 Å². The van der Waals surface area contributed by atoms with Crippen LogP contribution in [-0.2, 0) is 6.54 Å². The van der Waals surface area contributed by atoms with Gasteiger partial charge in [0.05, 0.1) is 6.61 Å². The lowest BCUT2D eigenvalue weighted by molar-refractivity contribution is 0.163. The molecular formula is C14H23NO. The molecule has 0 aliphatic carbocycles. The minimum atomic E-state index is -0.153. The predicted molar refractivity (Wildman–Crippen MR) is 68.4 cm³/mol. The van der Waals surface area contributed by atoms with Gasteiger partial charge in [-0.3, -0.25) is 0 Å². The molecule has 0 aliphatic heterocycles. The molecule has 2 nitrogen and oxygen atoms in total. The largest absolute Gasteiger partial charge is 0.394 e. The van der Waals surface area contributed by atoms with Crippen molar-refractivity contribution in [2.24, 2.45) is 0 Å². The van der Waals surface area contributed by atoms with Gasteiger partial charge in [-0.1, -0.05) is 43.2 Å². The molecule has 2 N–H and O–H groups in total. The fourth-order valence-electron chi connectivity index (χ4n) is 1.80. The van der Waals surface area contributed by atoms with E-state index in [4.69, 9.17) is 0 Å². The molecular weight excluding hydrogens is 198 g/mol. The minimum Gasteiger partial charge on any atom is -0.394 e. The lowest BCUT2D eigenvalue weighted by Gasteiger charge is -2.28. The summed E-state index contributed by atoms with van der Waals surface area (Å²) in [5.74, 6) is 0. The molecule has 0 aromatic heterocycles. The zero-order chi connectivity index (χ0) is 12.0. The van der Waals surface area contributed by atoms with Crippen molar-refractivity contribution in [2.75, 3.05) is 6.61 Å². The van der Waals surface area contributed by atoms with Crippen LogP contribution in [0.25, 0.3) is 0 Å². The van der Waals surface area contributed by atoms with E-state index in [0.717, 1.165) is 19.4 Å². The molecule has 1 aromatic carbocycles. The fraction of sp³-hybridized carbons (Fsp3) is 0.571. The number of aliphatic hydroxyl groups excluding tert-OH is 1. The maximum absolute atomic E-state index is 9.38. The summed E-state index contributed by atoms with van der Waals surface area (Å²) < 4.78 is 0. The summed E-state index contributed by atoms with van der Waals surface area (Å²) in [7, 11) is 0. The third-order valence-corrected chi connectivity index (χ3v) is 2.99. The highest BCUT2D eigenvalue weighted by molar-refractivity contribution is 5.21. The Morgan fingerprint density at radius 1 is 1.25 bits per heavy atom. The van der Waals surface area contributed by atoms with Crippen LogP contribution in [0, 0.1) is 6.92 Å². The molecule has 0 saturated heterocycles. The summed E-state index contributed by atoms with van der Waals surface area (Å²) in [5.41, 5.74) is 2.39. The molecule has 0 spiro atoms. The van der Waals surface area contributed by atoms with Gasteiger partial charge in [0, 0.05) is 12.1 Å². The van der Waals surface area contributed by atoms with E-state index in [-0.39, 0.29) is 12.1 Å². The SMILES string of the molecule is CCCC(C)(CO)NCc1ccc(C)cc1. The highest BCUT2D eigenvalue weighted by Gasteiger charge is 2.20. The first-order valence-corrected chi connectivity index (χ1v) is 6.01. The first-order chi connectivity index (χ1) is 7.59. The van der Waals surface area contributed by atoms with Crippen molar-refractivity contribution in [2.45, 2.75) is 45.7 Å². The summed E-state index contributed by atoms with van der Waals surface area (Å²) in [4.78, 5) is 0. The molecule has 0 radical (unpaired) electrons. The molecule has 0 amide bonds. The average Bonchev–Trinajstić information content (AvgIpc) is 2.29. The summed E-state index contributed by atoms with van der Waals surface area (Å²) >= 11 is 0. The second-order valence-electron chi connectivity index (χ2n) is 4.81. The molecule has 1 atom stereocenters. The third-order valence-electron chi connectivity index (χ3n) is 2.99. The van der Waals surface area contributed by atoms with Gasteiger partial charge in [-0.2, -0.15) is 0 Å². The summed E-state index contributed by atoms with van der Waals surface area (Å²) in [5, 5.41) is 12.8. The summed E-state index contributed by atoms with van der Waals surface area (Å²) in [6.07, 6.45) is 2.08. The van der Waals surface area contributed by atoms with Crippen LogP contribution in [-0.4, -0.2) is 17.3 Å². The molecule has 0 aliphatic rings. The Bertz CT molecular complexity index is 307. The van der Waals surface area contributed by atoms with E-state index in [1.165, 1.54) is 11.1 Å². The number of aliphatic hydroxyl groups is 1. The van der Waals surface area contributed by atoms with Gasteiger partial charge < -0.3 is 10.4 Å². The van der Waals surface area contributed by atoms with E-state index in [1.54, 1.807) is 0 Å². The van der Waals surface area contributed by atoms with E-state index in [2.05, 4.69) is 50.4 Å². The number of hydrogen-bond donors (Lipinski definition) is 2. The van der Waals surface area contributed by atoms with E-state index in [1.807, 2.05) is 0 Å². The van der Waals surface area contributed by atoms with Crippen molar-refractivity contribution >= 4 is 0 Å². The quantitative estimate of drug-likeness (QED) is 0.774. The van der Waals surface area contributed by atoms with Gasteiger partial charge in [0.1, 0.15) is 0 Å². The molecule has 0 bridgehead atoms. The third kappa shape index (κ3) is 3.95.